The lowest BCUT2D eigenvalue weighted by molar-refractivity contribution is -0.140. The van der Waals surface area contributed by atoms with Crippen LogP contribution in [-0.4, -0.2) is 44.3 Å². The van der Waals surface area contributed by atoms with Crippen LogP contribution in [0, 0.1) is 20.8 Å². The average molecular weight is 550 g/mol. The van der Waals surface area contributed by atoms with Crippen molar-refractivity contribution in [3.8, 4) is 0 Å². The Hall–Kier alpha value is -3.65. The maximum Gasteiger partial charge on any atom is 0.264 e. The van der Waals surface area contributed by atoms with Gasteiger partial charge in [-0.2, -0.15) is 0 Å². The van der Waals surface area contributed by atoms with Crippen molar-refractivity contribution in [3.63, 3.8) is 0 Å². The van der Waals surface area contributed by atoms with Crippen molar-refractivity contribution in [3.05, 3.63) is 95.1 Å². The van der Waals surface area contributed by atoms with Crippen LogP contribution in [0.25, 0.3) is 0 Å². The molecule has 0 bridgehead atoms. The molecule has 0 spiro atoms. The fourth-order valence-electron chi connectivity index (χ4n) is 4.50. The van der Waals surface area contributed by atoms with Crippen LogP contribution in [0.2, 0.25) is 0 Å². The molecule has 0 saturated heterocycles. The third-order valence-corrected chi connectivity index (χ3v) is 8.41. The number of hydrogen-bond donors (Lipinski definition) is 1. The molecule has 1 N–H and O–H groups in total. The van der Waals surface area contributed by atoms with E-state index in [1.54, 1.807) is 30.3 Å². The summed E-state index contributed by atoms with van der Waals surface area (Å²) in [6.07, 6.45) is 1.16. The maximum absolute atomic E-state index is 14.1. The topological polar surface area (TPSA) is 86.8 Å². The van der Waals surface area contributed by atoms with Crippen molar-refractivity contribution >= 4 is 27.5 Å². The van der Waals surface area contributed by atoms with Crippen molar-refractivity contribution in [2.75, 3.05) is 17.4 Å². The second-order valence-corrected chi connectivity index (χ2v) is 11.7. The van der Waals surface area contributed by atoms with Gasteiger partial charge in [0.25, 0.3) is 10.0 Å². The van der Waals surface area contributed by atoms with Crippen LogP contribution in [0.4, 0.5) is 5.69 Å². The molecule has 0 saturated carbocycles. The summed E-state index contributed by atoms with van der Waals surface area (Å²) >= 11 is 0. The van der Waals surface area contributed by atoms with Crippen molar-refractivity contribution < 1.29 is 18.0 Å². The van der Waals surface area contributed by atoms with Gasteiger partial charge in [-0.15, -0.1) is 0 Å². The van der Waals surface area contributed by atoms with Gasteiger partial charge in [-0.05, 0) is 62.9 Å². The lowest BCUT2D eigenvalue weighted by Crippen LogP contribution is -2.52. The first-order valence-corrected chi connectivity index (χ1v) is 14.8. The number of carbonyl (C=O) groups is 2. The van der Waals surface area contributed by atoms with Crippen LogP contribution in [-0.2, 0) is 26.2 Å². The average Bonchev–Trinajstić information content (AvgIpc) is 2.91. The number of rotatable bonds is 12. The predicted octanol–water partition coefficient (Wildman–Crippen LogP) is 5.14. The third-order valence-electron chi connectivity index (χ3n) is 6.64. The standard InChI is InChI=1S/C31H39N3O4S/c1-6-19-32-31(36)28(7-2)33(21-26-11-9-8-10-12-26)30(35)22-34(29-18-15-24(4)20-25(29)5)39(37,38)27-16-13-23(3)14-17-27/h8-18,20,28H,6-7,19,21-22H2,1-5H3,(H,32,36)/t28-/m1/s1. The number of aryl methyl sites for hydroxylation is 3. The van der Waals surface area contributed by atoms with Gasteiger partial charge < -0.3 is 10.2 Å². The first-order valence-electron chi connectivity index (χ1n) is 13.4. The summed E-state index contributed by atoms with van der Waals surface area (Å²) in [6.45, 7) is 9.71. The number of nitrogens with one attached hydrogen (secondary N) is 1. The minimum Gasteiger partial charge on any atom is -0.354 e. The Labute approximate surface area is 232 Å². The van der Waals surface area contributed by atoms with Gasteiger partial charge in [0, 0.05) is 13.1 Å². The molecule has 2 amide bonds. The number of anilines is 1. The lowest BCUT2D eigenvalue weighted by atomic mass is 10.1. The fourth-order valence-corrected chi connectivity index (χ4v) is 5.98. The Morgan fingerprint density at radius 1 is 0.872 bits per heavy atom. The molecule has 208 valence electrons. The molecule has 0 unspecified atom stereocenters. The van der Waals surface area contributed by atoms with Crippen molar-refractivity contribution in [2.24, 2.45) is 0 Å². The number of amides is 2. The Morgan fingerprint density at radius 2 is 1.51 bits per heavy atom. The van der Waals surface area contributed by atoms with Crippen molar-refractivity contribution in [1.82, 2.24) is 10.2 Å². The number of nitrogens with zero attached hydrogens (tertiary/aromatic N) is 2. The van der Waals surface area contributed by atoms with Crippen LogP contribution < -0.4 is 9.62 Å². The molecule has 3 aromatic rings. The molecule has 1 atom stereocenters. The molecule has 7 nitrogen and oxygen atoms in total. The van der Waals surface area contributed by atoms with Gasteiger partial charge in [0.05, 0.1) is 10.6 Å². The molecule has 3 rings (SSSR count). The summed E-state index contributed by atoms with van der Waals surface area (Å²) in [6, 6.07) is 20.7. The zero-order valence-corrected chi connectivity index (χ0v) is 24.3. The van der Waals surface area contributed by atoms with E-state index < -0.39 is 28.5 Å². The molecule has 0 aliphatic carbocycles. The highest BCUT2D eigenvalue weighted by atomic mass is 32.2. The molecule has 0 aromatic heterocycles. The second-order valence-electron chi connectivity index (χ2n) is 9.84. The van der Waals surface area contributed by atoms with Gasteiger partial charge in [0.2, 0.25) is 11.8 Å². The largest absolute Gasteiger partial charge is 0.354 e. The van der Waals surface area contributed by atoms with Gasteiger partial charge in [0.15, 0.2) is 0 Å². The maximum atomic E-state index is 14.1. The summed E-state index contributed by atoms with van der Waals surface area (Å²) in [7, 11) is -4.09. The zero-order valence-electron chi connectivity index (χ0n) is 23.5. The smallest absolute Gasteiger partial charge is 0.264 e. The molecular formula is C31H39N3O4S. The summed E-state index contributed by atoms with van der Waals surface area (Å²) in [5.74, 6) is -0.698. The van der Waals surface area contributed by atoms with E-state index in [0.717, 1.165) is 28.7 Å². The van der Waals surface area contributed by atoms with E-state index in [1.165, 1.54) is 9.21 Å². The fraction of sp³-hybridized carbons (Fsp3) is 0.355. The van der Waals surface area contributed by atoms with Crippen LogP contribution in [0.5, 0.6) is 0 Å². The molecule has 0 aliphatic rings. The molecule has 0 fully saturated rings. The second kappa shape index (κ2) is 13.4. The van der Waals surface area contributed by atoms with Gasteiger partial charge in [-0.1, -0.05) is 79.6 Å². The summed E-state index contributed by atoms with van der Waals surface area (Å²) in [4.78, 5) is 28.8. The number of benzene rings is 3. The van der Waals surface area contributed by atoms with Crippen LogP contribution in [0.15, 0.2) is 77.7 Å². The van der Waals surface area contributed by atoms with Gasteiger partial charge >= 0.3 is 0 Å². The number of sulfonamides is 1. The molecule has 3 aromatic carbocycles. The molecule has 39 heavy (non-hydrogen) atoms. The molecule has 0 radical (unpaired) electrons. The Kier molecular flexibility index (Phi) is 10.3. The minimum absolute atomic E-state index is 0.100. The summed E-state index contributed by atoms with van der Waals surface area (Å²) in [5, 5.41) is 2.90. The van der Waals surface area contributed by atoms with E-state index in [1.807, 2.05) is 77.1 Å². The Balaban J connectivity index is 2.07. The van der Waals surface area contributed by atoms with Gasteiger partial charge in [-0.25, -0.2) is 8.42 Å². The van der Waals surface area contributed by atoms with E-state index in [9.17, 15) is 18.0 Å². The molecule has 0 heterocycles. The van der Waals surface area contributed by atoms with E-state index >= 15 is 0 Å². The SMILES string of the molecule is CCCNC(=O)[C@@H](CC)N(Cc1ccccc1)C(=O)CN(c1ccc(C)cc1C)S(=O)(=O)c1ccc(C)cc1. The first kappa shape index (κ1) is 29.9. The van der Waals surface area contributed by atoms with Crippen LogP contribution >= 0.6 is 0 Å². The summed E-state index contributed by atoms with van der Waals surface area (Å²) in [5.41, 5.74) is 3.94. The monoisotopic (exact) mass is 549 g/mol. The Bertz CT molecular complexity index is 1370. The molecule has 8 heteroatoms. The molecular weight excluding hydrogens is 510 g/mol. The third kappa shape index (κ3) is 7.47. The van der Waals surface area contributed by atoms with Crippen LogP contribution in [0.1, 0.15) is 48.9 Å². The van der Waals surface area contributed by atoms with Gasteiger partial charge in [0.1, 0.15) is 12.6 Å². The van der Waals surface area contributed by atoms with E-state index in [0.29, 0.717) is 18.7 Å². The Morgan fingerprint density at radius 3 is 2.10 bits per heavy atom. The van der Waals surface area contributed by atoms with Gasteiger partial charge in [-0.3, -0.25) is 13.9 Å². The normalized spacial score (nSPS) is 12.0. The highest BCUT2D eigenvalue weighted by molar-refractivity contribution is 7.92. The minimum atomic E-state index is -4.09. The van der Waals surface area contributed by atoms with E-state index in [-0.39, 0.29) is 17.3 Å². The lowest BCUT2D eigenvalue weighted by Gasteiger charge is -2.33. The van der Waals surface area contributed by atoms with Crippen LogP contribution in [0.3, 0.4) is 0 Å². The van der Waals surface area contributed by atoms with E-state index in [4.69, 9.17) is 0 Å². The number of hydrogen-bond acceptors (Lipinski definition) is 4. The first-order chi connectivity index (χ1) is 18.6. The predicted molar refractivity (Wildman–Crippen MR) is 156 cm³/mol. The molecule has 0 aliphatic heterocycles. The zero-order chi connectivity index (χ0) is 28.6. The van der Waals surface area contributed by atoms with Crippen molar-refractivity contribution in [1.29, 1.82) is 0 Å². The van der Waals surface area contributed by atoms with Crippen molar-refractivity contribution in [2.45, 2.75) is 64.9 Å². The highest BCUT2D eigenvalue weighted by Gasteiger charge is 2.34. The highest BCUT2D eigenvalue weighted by Crippen LogP contribution is 2.28. The van der Waals surface area contributed by atoms with E-state index in [2.05, 4.69) is 5.32 Å². The summed E-state index contributed by atoms with van der Waals surface area (Å²) < 4.78 is 29.1. The quantitative estimate of drug-likeness (QED) is 0.339. The number of carbonyl (C=O) groups excluding carboxylic acids is 2.